The van der Waals surface area contributed by atoms with E-state index in [9.17, 15) is 14.9 Å². The van der Waals surface area contributed by atoms with Gasteiger partial charge in [0.2, 0.25) is 5.91 Å². The molecule has 0 unspecified atom stereocenters. The summed E-state index contributed by atoms with van der Waals surface area (Å²) < 4.78 is 10.5. The summed E-state index contributed by atoms with van der Waals surface area (Å²) in [7, 11) is 4.96. The fourth-order valence-corrected chi connectivity index (χ4v) is 2.92. The van der Waals surface area contributed by atoms with Gasteiger partial charge in [-0.2, -0.15) is 0 Å². The molecule has 150 valence electrons. The summed E-state index contributed by atoms with van der Waals surface area (Å²) in [5.74, 6) is 1.38. The fourth-order valence-electron chi connectivity index (χ4n) is 2.92. The van der Waals surface area contributed by atoms with Crippen LogP contribution in [0.25, 0.3) is 0 Å². The molecule has 7 nitrogen and oxygen atoms in total. The van der Waals surface area contributed by atoms with Crippen LogP contribution in [0.4, 0.5) is 5.69 Å². The first-order valence-electron chi connectivity index (χ1n) is 9.12. The number of carbonyl (C=O) groups is 1. The third kappa shape index (κ3) is 5.97. The van der Waals surface area contributed by atoms with Crippen molar-refractivity contribution in [2.45, 2.75) is 32.2 Å². The molecule has 2 aromatic rings. The predicted molar refractivity (Wildman–Crippen MR) is 107 cm³/mol. The van der Waals surface area contributed by atoms with Gasteiger partial charge in [-0.3, -0.25) is 14.9 Å². The molecule has 0 spiro atoms. The first kappa shape index (κ1) is 21.2. The molecule has 28 heavy (non-hydrogen) atoms. The van der Waals surface area contributed by atoms with Crippen molar-refractivity contribution in [2.75, 3.05) is 21.3 Å². The van der Waals surface area contributed by atoms with E-state index in [0.717, 1.165) is 30.4 Å². The molecule has 0 fully saturated rings. The van der Waals surface area contributed by atoms with Crippen LogP contribution in [0.1, 0.15) is 30.4 Å². The number of non-ortho nitro benzene ring substituents is 1. The lowest BCUT2D eigenvalue weighted by Gasteiger charge is -2.18. The molecule has 0 heterocycles. The van der Waals surface area contributed by atoms with Gasteiger partial charge in [0, 0.05) is 32.1 Å². The van der Waals surface area contributed by atoms with Crippen molar-refractivity contribution in [2.24, 2.45) is 0 Å². The quantitative estimate of drug-likeness (QED) is 0.350. The summed E-state index contributed by atoms with van der Waals surface area (Å²) in [5, 5.41) is 10.7. The highest BCUT2D eigenvalue weighted by molar-refractivity contribution is 5.75. The van der Waals surface area contributed by atoms with Gasteiger partial charge in [0.25, 0.3) is 5.69 Å². The molecule has 0 aromatic heterocycles. The number of carbonyl (C=O) groups excluding carboxylic acids is 1. The molecule has 7 heteroatoms. The summed E-state index contributed by atoms with van der Waals surface area (Å²) >= 11 is 0. The predicted octanol–water partition coefficient (Wildman–Crippen LogP) is 3.98. The van der Waals surface area contributed by atoms with Crippen molar-refractivity contribution in [1.82, 2.24) is 4.90 Å². The monoisotopic (exact) mass is 386 g/mol. The zero-order valence-corrected chi connectivity index (χ0v) is 16.5. The van der Waals surface area contributed by atoms with Crippen LogP contribution in [0.5, 0.6) is 11.5 Å². The van der Waals surface area contributed by atoms with E-state index < -0.39 is 4.92 Å². The average Bonchev–Trinajstić information content (AvgIpc) is 2.71. The number of nitrogens with zero attached hydrogens (tertiary/aromatic N) is 2. The molecule has 0 aliphatic heterocycles. The molecule has 0 bridgehead atoms. The molecule has 0 N–H and O–H groups in total. The Morgan fingerprint density at radius 1 is 1.00 bits per heavy atom. The first-order valence-corrected chi connectivity index (χ1v) is 9.12. The van der Waals surface area contributed by atoms with Crippen LogP contribution in [-0.4, -0.2) is 37.0 Å². The lowest BCUT2D eigenvalue weighted by atomic mass is 10.1. The van der Waals surface area contributed by atoms with Crippen molar-refractivity contribution in [3.63, 3.8) is 0 Å². The topological polar surface area (TPSA) is 81.9 Å². The van der Waals surface area contributed by atoms with E-state index in [1.807, 2.05) is 18.2 Å². The van der Waals surface area contributed by atoms with Gasteiger partial charge in [0.15, 0.2) is 11.5 Å². The van der Waals surface area contributed by atoms with E-state index in [1.165, 1.54) is 12.1 Å². The van der Waals surface area contributed by atoms with Gasteiger partial charge in [-0.25, -0.2) is 0 Å². The van der Waals surface area contributed by atoms with Crippen molar-refractivity contribution in [3.05, 3.63) is 63.7 Å². The van der Waals surface area contributed by atoms with Gasteiger partial charge in [0.05, 0.1) is 19.1 Å². The van der Waals surface area contributed by atoms with Crippen LogP contribution < -0.4 is 9.47 Å². The van der Waals surface area contributed by atoms with E-state index in [0.29, 0.717) is 24.5 Å². The van der Waals surface area contributed by atoms with Crippen LogP contribution >= 0.6 is 0 Å². The number of aryl methyl sites for hydroxylation is 1. The van der Waals surface area contributed by atoms with Crippen molar-refractivity contribution in [3.8, 4) is 11.5 Å². The summed E-state index contributed by atoms with van der Waals surface area (Å²) in [6.45, 7) is 0.502. The molecule has 0 aliphatic rings. The smallest absolute Gasteiger partial charge is 0.269 e. The SMILES string of the molecule is COc1ccc(CN(C)C(=O)CCCCc2ccc([N+](=O)[O-])cc2)cc1OC. The van der Waals surface area contributed by atoms with E-state index in [1.54, 1.807) is 38.3 Å². The summed E-state index contributed by atoms with van der Waals surface area (Å²) in [6, 6.07) is 12.2. The highest BCUT2D eigenvalue weighted by Gasteiger charge is 2.11. The Bertz CT molecular complexity index is 805. The highest BCUT2D eigenvalue weighted by atomic mass is 16.6. The molecular formula is C21H26N2O5. The Morgan fingerprint density at radius 3 is 2.25 bits per heavy atom. The van der Waals surface area contributed by atoms with Gasteiger partial charge in [0.1, 0.15) is 0 Å². The van der Waals surface area contributed by atoms with E-state index in [-0.39, 0.29) is 11.6 Å². The Hall–Kier alpha value is -3.09. The Kier molecular flexibility index (Phi) is 7.80. The zero-order valence-electron chi connectivity index (χ0n) is 16.5. The Morgan fingerprint density at radius 2 is 1.64 bits per heavy atom. The maximum absolute atomic E-state index is 12.4. The van der Waals surface area contributed by atoms with Gasteiger partial charge < -0.3 is 14.4 Å². The summed E-state index contributed by atoms with van der Waals surface area (Å²) in [5.41, 5.74) is 2.10. The minimum atomic E-state index is -0.406. The number of nitro benzene ring substituents is 1. The maximum Gasteiger partial charge on any atom is 0.269 e. The van der Waals surface area contributed by atoms with E-state index >= 15 is 0 Å². The van der Waals surface area contributed by atoms with Crippen molar-refractivity contribution < 1.29 is 19.2 Å². The van der Waals surface area contributed by atoms with Crippen molar-refractivity contribution in [1.29, 1.82) is 0 Å². The number of rotatable bonds is 10. The Labute approximate surface area is 165 Å². The fraction of sp³-hybridized carbons (Fsp3) is 0.381. The van der Waals surface area contributed by atoms with Crippen molar-refractivity contribution >= 4 is 11.6 Å². The number of methoxy groups -OCH3 is 2. The number of amides is 1. The second-order valence-electron chi connectivity index (χ2n) is 6.57. The third-order valence-electron chi connectivity index (χ3n) is 4.55. The number of hydrogen-bond acceptors (Lipinski definition) is 5. The first-order chi connectivity index (χ1) is 13.4. The average molecular weight is 386 g/mol. The molecule has 1 amide bonds. The van der Waals surface area contributed by atoms with Crippen LogP contribution in [0.3, 0.4) is 0 Å². The zero-order chi connectivity index (χ0) is 20.5. The molecule has 0 saturated heterocycles. The number of benzene rings is 2. The summed E-state index contributed by atoms with van der Waals surface area (Å²) in [6.07, 6.45) is 2.89. The number of hydrogen-bond donors (Lipinski definition) is 0. The van der Waals surface area contributed by atoms with E-state index in [4.69, 9.17) is 9.47 Å². The molecule has 2 aromatic carbocycles. The lowest BCUT2D eigenvalue weighted by Crippen LogP contribution is -2.25. The molecule has 0 saturated carbocycles. The van der Waals surface area contributed by atoms with Crippen LogP contribution in [0.15, 0.2) is 42.5 Å². The van der Waals surface area contributed by atoms with Gasteiger partial charge in [-0.05, 0) is 42.5 Å². The largest absolute Gasteiger partial charge is 0.493 e. The second kappa shape index (κ2) is 10.3. The van der Waals surface area contributed by atoms with Gasteiger partial charge in [-0.15, -0.1) is 0 Å². The van der Waals surface area contributed by atoms with Crippen LogP contribution in [0, 0.1) is 10.1 Å². The number of ether oxygens (including phenoxy) is 2. The lowest BCUT2D eigenvalue weighted by molar-refractivity contribution is -0.384. The standard InChI is InChI=1S/C21H26N2O5/c1-22(15-17-10-13-19(27-2)20(14-17)28-3)21(24)7-5-4-6-16-8-11-18(12-9-16)23(25)26/h8-14H,4-7,15H2,1-3H3. The van der Waals surface area contributed by atoms with E-state index in [2.05, 4.69) is 0 Å². The molecule has 0 radical (unpaired) electrons. The minimum Gasteiger partial charge on any atom is -0.493 e. The molecule has 0 atom stereocenters. The summed E-state index contributed by atoms with van der Waals surface area (Å²) in [4.78, 5) is 24.3. The number of nitro groups is 1. The number of unbranched alkanes of at least 4 members (excludes halogenated alkanes) is 1. The van der Waals surface area contributed by atoms with Gasteiger partial charge in [-0.1, -0.05) is 18.2 Å². The highest BCUT2D eigenvalue weighted by Crippen LogP contribution is 2.28. The minimum absolute atomic E-state index is 0.0819. The van der Waals surface area contributed by atoms with Crippen LogP contribution in [-0.2, 0) is 17.8 Å². The second-order valence-corrected chi connectivity index (χ2v) is 6.57. The molecular weight excluding hydrogens is 360 g/mol. The van der Waals surface area contributed by atoms with Gasteiger partial charge >= 0.3 is 0 Å². The Balaban J connectivity index is 1.77. The molecule has 2 rings (SSSR count). The maximum atomic E-state index is 12.4. The van der Waals surface area contributed by atoms with Crippen LogP contribution in [0.2, 0.25) is 0 Å². The molecule has 0 aliphatic carbocycles. The normalized spacial score (nSPS) is 10.4. The third-order valence-corrected chi connectivity index (χ3v) is 4.55.